The number of carbonyl (C=O) groups is 1. The van der Waals surface area contributed by atoms with Crippen molar-refractivity contribution in [3.8, 4) is 0 Å². The normalized spacial score (nSPS) is 12.3. The lowest BCUT2D eigenvalue weighted by Gasteiger charge is -2.14. The summed E-state index contributed by atoms with van der Waals surface area (Å²) in [5.41, 5.74) is 1.29. The van der Waals surface area contributed by atoms with Gasteiger partial charge in [0.15, 0.2) is 0 Å². The van der Waals surface area contributed by atoms with Crippen molar-refractivity contribution in [3.63, 3.8) is 0 Å². The van der Waals surface area contributed by atoms with Gasteiger partial charge in [0.2, 0.25) is 5.56 Å². The minimum Gasteiger partial charge on any atom is -0.349 e. The van der Waals surface area contributed by atoms with Crippen molar-refractivity contribution in [3.05, 3.63) is 68.4 Å². The molecule has 23 heavy (non-hydrogen) atoms. The molecule has 0 aliphatic rings. The molecule has 0 saturated carbocycles. The van der Waals surface area contributed by atoms with Crippen LogP contribution >= 0.6 is 11.3 Å². The molecule has 1 atom stereocenters. The van der Waals surface area contributed by atoms with E-state index in [9.17, 15) is 14.0 Å². The van der Waals surface area contributed by atoms with Crippen LogP contribution < -0.4 is 10.9 Å². The maximum Gasteiger partial charge on any atom is 0.252 e. The van der Waals surface area contributed by atoms with Crippen molar-refractivity contribution in [1.29, 1.82) is 0 Å². The Morgan fingerprint density at radius 1 is 1.35 bits per heavy atom. The Hall–Kier alpha value is -2.47. The fourth-order valence-corrected chi connectivity index (χ4v) is 3.22. The minimum absolute atomic E-state index is 0.0770. The Bertz CT molecular complexity index is 903. The number of fused-ring (bicyclic) bond motifs is 1. The van der Waals surface area contributed by atoms with Crippen LogP contribution in [0.4, 0.5) is 4.39 Å². The minimum atomic E-state index is -0.462. The van der Waals surface area contributed by atoms with Gasteiger partial charge >= 0.3 is 0 Å². The predicted octanol–water partition coefficient (Wildman–Crippen LogP) is 3.09. The number of nitrogens with one attached hydrogen (secondary N) is 2. The third-order valence-corrected chi connectivity index (χ3v) is 4.28. The van der Waals surface area contributed by atoms with Gasteiger partial charge in [0.1, 0.15) is 5.82 Å². The van der Waals surface area contributed by atoms with E-state index in [1.54, 1.807) is 11.3 Å². The van der Waals surface area contributed by atoms with Gasteiger partial charge in [-0.05, 0) is 53.9 Å². The van der Waals surface area contributed by atoms with Gasteiger partial charge in [0.05, 0.1) is 11.1 Å². The number of carbonyl (C=O) groups excluding carboxylic acids is 1. The lowest BCUT2D eigenvalue weighted by atomic mass is 10.1. The average molecular weight is 330 g/mol. The van der Waals surface area contributed by atoms with Gasteiger partial charge in [-0.1, -0.05) is 0 Å². The van der Waals surface area contributed by atoms with Crippen molar-refractivity contribution in [1.82, 2.24) is 10.3 Å². The molecule has 0 unspecified atom stereocenters. The van der Waals surface area contributed by atoms with E-state index in [4.69, 9.17) is 0 Å². The van der Waals surface area contributed by atoms with Gasteiger partial charge in [-0.3, -0.25) is 9.59 Å². The van der Waals surface area contributed by atoms with Crippen LogP contribution in [0, 0.1) is 5.82 Å². The maximum atomic E-state index is 13.3. The summed E-state index contributed by atoms with van der Waals surface area (Å²) >= 11 is 1.61. The Morgan fingerprint density at radius 2 is 2.17 bits per heavy atom. The van der Waals surface area contributed by atoms with E-state index >= 15 is 0 Å². The molecule has 6 heteroatoms. The second kappa shape index (κ2) is 6.34. The summed E-state index contributed by atoms with van der Waals surface area (Å²) in [7, 11) is 0. The molecule has 0 aliphatic heterocycles. The van der Waals surface area contributed by atoms with Gasteiger partial charge < -0.3 is 10.3 Å². The van der Waals surface area contributed by atoms with Crippen LogP contribution in [-0.4, -0.2) is 16.9 Å². The van der Waals surface area contributed by atoms with Gasteiger partial charge in [-0.25, -0.2) is 4.39 Å². The second-order valence-corrected chi connectivity index (χ2v) is 6.23. The SMILES string of the molecule is C[C@H](Cc1ccsc1)NC(=O)c1cc(=O)[nH]c2cc(F)ccc12. The van der Waals surface area contributed by atoms with Crippen LogP contribution in [0.25, 0.3) is 10.9 Å². The third kappa shape index (κ3) is 3.48. The van der Waals surface area contributed by atoms with Crippen LogP contribution in [0.1, 0.15) is 22.8 Å². The number of hydrogen-bond donors (Lipinski definition) is 2. The lowest BCUT2D eigenvalue weighted by Crippen LogP contribution is -2.34. The van der Waals surface area contributed by atoms with Crippen molar-refractivity contribution >= 4 is 28.1 Å². The fraction of sp³-hybridized carbons (Fsp3) is 0.176. The van der Waals surface area contributed by atoms with Gasteiger partial charge in [-0.15, -0.1) is 0 Å². The Kier molecular flexibility index (Phi) is 4.25. The van der Waals surface area contributed by atoms with Crippen LogP contribution in [0.2, 0.25) is 0 Å². The molecule has 2 aromatic heterocycles. The number of aromatic amines is 1. The van der Waals surface area contributed by atoms with Gasteiger partial charge in [0, 0.05) is 17.5 Å². The zero-order valence-electron chi connectivity index (χ0n) is 12.4. The molecule has 2 heterocycles. The number of pyridine rings is 1. The van der Waals surface area contributed by atoms with E-state index in [0.29, 0.717) is 17.3 Å². The van der Waals surface area contributed by atoms with Crippen molar-refractivity contribution in [2.75, 3.05) is 0 Å². The summed E-state index contributed by atoms with van der Waals surface area (Å²) in [6, 6.07) is 7.16. The standard InChI is InChI=1S/C17H15FN2O2S/c1-10(6-11-4-5-23-9-11)19-17(22)14-8-16(21)20-15-7-12(18)2-3-13(14)15/h2-5,7-10H,6H2,1H3,(H,19,22)(H,20,21)/t10-/m1/s1. The largest absolute Gasteiger partial charge is 0.349 e. The Morgan fingerprint density at radius 3 is 2.91 bits per heavy atom. The molecule has 1 aromatic carbocycles. The molecule has 118 valence electrons. The van der Waals surface area contributed by atoms with Crippen LogP contribution in [0.15, 0.2) is 45.9 Å². The molecule has 0 fully saturated rings. The Labute approximate surface area is 136 Å². The maximum absolute atomic E-state index is 13.3. The molecule has 3 rings (SSSR count). The number of benzene rings is 1. The lowest BCUT2D eigenvalue weighted by molar-refractivity contribution is 0.0941. The highest BCUT2D eigenvalue weighted by atomic mass is 32.1. The summed E-state index contributed by atoms with van der Waals surface area (Å²) in [5.74, 6) is -0.799. The molecule has 3 aromatic rings. The van der Waals surface area contributed by atoms with Gasteiger partial charge in [0.25, 0.3) is 5.91 Å². The first-order chi connectivity index (χ1) is 11.0. The molecule has 0 spiro atoms. The summed E-state index contributed by atoms with van der Waals surface area (Å²) in [4.78, 5) is 26.7. The zero-order valence-corrected chi connectivity index (χ0v) is 13.2. The highest BCUT2D eigenvalue weighted by molar-refractivity contribution is 7.07. The monoisotopic (exact) mass is 330 g/mol. The summed E-state index contributed by atoms with van der Waals surface area (Å²) in [6.07, 6.45) is 0.713. The second-order valence-electron chi connectivity index (χ2n) is 5.45. The molecule has 4 nitrogen and oxygen atoms in total. The third-order valence-electron chi connectivity index (χ3n) is 3.55. The first-order valence-corrected chi connectivity index (χ1v) is 8.12. The molecular weight excluding hydrogens is 315 g/mol. The first-order valence-electron chi connectivity index (χ1n) is 7.17. The number of rotatable bonds is 4. The smallest absolute Gasteiger partial charge is 0.252 e. The van der Waals surface area contributed by atoms with Crippen LogP contribution in [-0.2, 0) is 6.42 Å². The van der Waals surface area contributed by atoms with Crippen LogP contribution in [0.5, 0.6) is 0 Å². The highest BCUT2D eigenvalue weighted by Crippen LogP contribution is 2.17. The molecule has 0 aliphatic carbocycles. The highest BCUT2D eigenvalue weighted by Gasteiger charge is 2.15. The summed E-state index contributed by atoms with van der Waals surface area (Å²) < 4.78 is 13.3. The van der Waals surface area contributed by atoms with Crippen molar-refractivity contribution in [2.45, 2.75) is 19.4 Å². The van der Waals surface area contributed by atoms with E-state index in [-0.39, 0.29) is 17.5 Å². The molecule has 0 saturated heterocycles. The first kappa shape index (κ1) is 15.4. The zero-order chi connectivity index (χ0) is 16.4. The van der Waals surface area contributed by atoms with E-state index in [1.165, 1.54) is 24.3 Å². The van der Waals surface area contributed by atoms with E-state index < -0.39 is 11.4 Å². The molecular formula is C17H15FN2O2S. The van der Waals surface area contributed by atoms with E-state index in [1.807, 2.05) is 23.8 Å². The number of hydrogen-bond acceptors (Lipinski definition) is 3. The molecule has 0 bridgehead atoms. The molecule has 0 radical (unpaired) electrons. The van der Waals surface area contributed by atoms with E-state index in [2.05, 4.69) is 10.3 Å². The number of amides is 1. The number of aromatic nitrogens is 1. The number of H-pyrrole nitrogens is 1. The molecule has 1 amide bonds. The summed E-state index contributed by atoms with van der Waals surface area (Å²) in [5, 5.41) is 7.43. The van der Waals surface area contributed by atoms with Crippen molar-refractivity contribution in [2.24, 2.45) is 0 Å². The predicted molar refractivity (Wildman–Crippen MR) is 89.5 cm³/mol. The number of thiophene rings is 1. The molecule has 2 N–H and O–H groups in total. The topological polar surface area (TPSA) is 62.0 Å². The average Bonchev–Trinajstić information content (AvgIpc) is 2.98. The fourth-order valence-electron chi connectivity index (χ4n) is 2.54. The number of halogens is 1. The van der Waals surface area contributed by atoms with Crippen molar-refractivity contribution < 1.29 is 9.18 Å². The quantitative estimate of drug-likeness (QED) is 0.772. The van der Waals surface area contributed by atoms with E-state index in [0.717, 1.165) is 5.56 Å². The Balaban J connectivity index is 1.87. The summed E-state index contributed by atoms with van der Waals surface area (Å²) in [6.45, 7) is 1.91. The van der Waals surface area contributed by atoms with Crippen LogP contribution in [0.3, 0.4) is 0 Å². The van der Waals surface area contributed by atoms with Gasteiger partial charge in [-0.2, -0.15) is 11.3 Å².